The molecular weight excluding hydrogens is 290 g/mol. The van der Waals surface area contributed by atoms with Gasteiger partial charge in [-0.05, 0) is 42.7 Å². The van der Waals surface area contributed by atoms with Crippen LogP contribution in [0.4, 0.5) is 0 Å². The van der Waals surface area contributed by atoms with Crippen LogP contribution < -0.4 is 0 Å². The second-order valence-corrected chi connectivity index (χ2v) is 6.39. The molecule has 1 saturated heterocycles. The molecule has 5 nitrogen and oxygen atoms in total. The molecule has 0 saturated carbocycles. The Bertz CT molecular complexity index is 640. The number of ether oxygens (including phenoxy) is 1. The maximum absolute atomic E-state index is 9.47. The van der Waals surface area contributed by atoms with Gasteiger partial charge in [0.1, 0.15) is 0 Å². The first kappa shape index (κ1) is 16.2. The number of aliphatic hydroxyl groups excluding tert-OH is 1. The third-order valence-electron chi connectivity index (χ3n) is 4.41. The van der Waals surface area contributed by atoms with E-state index < -0.39 is 0 Å². The Morgan fingerprint density at radius 1 is 1.35 bits per heavy atom. The van der Waals surface area contributed by atoms with Crippen LogP contribution in [0.1, 0.15) is 16.7 Å². The van der Waals surface area contributed by atoms with Crippen LogP contribution in [0.25, 0.3) is 5.69 Å². The molecule has 0 aliphatic carbocycles. The standard InChI is InChI=1S/C18H25N3O2/c1-14-8-15(2)17(18(9-14)21-5-3-4-19-21)11-20-6-7-23-13-16(10-20)12-22/h3-5,8-9,16,22H,6-7,10-13H2,1-2H3/t16-/m1/s1. The highest BCUT2D eigenvalue weighted by atomic mass is 16.5. The molecule has 2 heterocycles. The lowest BCUT2D eigenvalue weighted by molar-refractivity contribution is 0.0958. The number of aryl methyl sites for hydroxylation is 2. The van der Waals surface area contributed by atoms with Crippen molar-refractivity contribution in [3.63, 3.8) is 0 Å². The average molecular weight is 315 g/mol. The van der Waals surface area contributed by atoms with Crippen molar-refractivity contribution in [3.8, 4) is 5.69 Å². The summed E-state index contributed by atoms with van der Waals surface area (Å²) in [4.78, 5) is 2.37. The molecule has 1 N–H and O–H groups in total. The van der Waals surface area contributed by atoms with Crippen LogP contribution >= 0.6 is 0 Å². The van der Waals surface area contributed by atoms with Gasteiger partial charge >= 0.3 is 0 Å². The number of benzene rings is 1. The van der Waals surface area contributed by atoms with Crippen LogP contribution in [0.2, 0.25) is 0 Å². The van der Waals surface area contributed by atoms with Crippen molar-refractivity contribution in [1.82, 2.24) is 14.7 Å². The lowest BCUT2D eigenvalue weighted by Gasteiger charge is -2.25. The van der Waals surface area contributed by atoms with Gasteiger partial charge in [0.05, 0.1) is 18.9 Å². The monoisotopic (exact) mass is 315 g/mol. The molecule has 0 bridgehead atoms. The Morgan fingerprint density at radius 3 is 2.96 bits per heavy atom. The van der Waals surface area contributed by atoms with Gasteiger partial charge in [-0.1, -0.05) is 6.07 Å². The largest absolute Gasteiger partial charge is 0.396 e. The normalized spacial score (nSPS) is 19.7. The van der Waals surface area contributed by atoms with Crippen LogP contribution in [0.15, 0.2) is 30.6 Å². The van der Waals surface area contributed by atoms with Gasteiger partial charge < -0.3 is 9.84 Å². The summed E-state index contributed by atoms with van der Waals surface area (Å²) in [6.07, 6.45) is 3.79. The Hall–Kier alpha value is -1.69. The Kier molecular flexibility index (Phi) is 5.10. The predicted molar refractivity (Wildman–Crippen MR) is 89.7 cm³/mol. The maximum atomic E-state index is 9.47. The lowest BCUT2D eigenvalue weighted by atomic mass is 10.0. The van der Waals surface area contributed by atoms with E-state index in [0.29, 0.717) is 6.61 Å². The molecule has 0 spiro atoms. The number of nitrogens with zero attached hydrogens (tertiary/aromatic N) is 3. The molecule has 5 heteroatoms. The summed E-state index contributed by atoms with van der Waals surface area (Å²) in [7, 11) is 0. The van der Waals surface area contributed by atoms with E-state index in [1.165, 1.54) is 16.7 Å². The quantitative estimate of drug-likeness (QED) is 0.937. The summed E-state index contributed by atoms with van der Waals surface area (Å²) in [5.41, 5.74) is 4.95. The second kappa shape index (κ2) is 7.25. The summed E-state index contributed by atoms with van der Waals surface area (Å²) >= 11 is 0. The minimum atomic E-state index is 0.176. The number of rotatable bonds is 4. The molecule has 1 aliphatic rings. The number of hydrogen-bond donors (Lipinski definition) is 1. The molecule has 124 valence electrons. The summed E-state index contributed by atoms with van der Waals surface area (Å²) < 4.78 is 7.54. The summed E-state index contributed by atoms with van der Waals surface area (Å²) in [6.45, 7) is 8.42. The Balaban J connectivity index is 1.89. The molecule has 1 aromatic heterocycles. The SMILES string of the molecule is Cc1cc(C)c(CN2CCOC[C@@H](CO)C2)c(-n2cccn2)c1. The predicted octanol–water partition coefficient (Wildman–Crippen LogP) is 1.93. The van der Waals surface area contributed by atoms with Gasteiger partial charge in [-0.25, -0.2) is 4.68 Å². The fourth-order valence-electron chi connectivity index (χ4n) is 3.23. The molecule has 3 rings (SSSR count). The van der Waals surface area contributed by atoms with Gasteiger partial charge in [0.2, 0.25) is 0 Å². The molecular formula is C18H25N3O2. The van der Waals surface area contributed by atoms with Crippen LogP contribution in [0.5, 0.6) is 0 Å². The first-order valence-corrected chi connectivity index (χ1v) is 8.18. The zero-order valence-electron chi connectivity index (χ0n) is 13.9. The van der Waals surface area contributed by atoms with E-state index in [-0.39, 0.29) is 12.5 Å². The molecule has 0 unspecified atom stereocenters. The van der Waals surface area contributed by atoms with E-state index in [1.54, 1.807) is 0 Å². The van der Waals surface area contributed by atoms with Crippen molar-refractivity contribution < 1.29 is 9.84 Å². The fraction of sp³-hybridized carbons (Fsp3) is 0.500. The molecule has 1 fully saturated rings. The van der Waals surface area contributed by atoms with Crippen LogP contribution in [-0.4, -0.2) is 52.7 Å². The zero-order valence-corrected chi connectivity index (χ0v) is 13.9. The van der Waals surface area contributed by atoms with Crippen molar-refractivity contribution in [2.45, 2.75) is 20.4 Å². The third kappa shape index (κ3) is 3.80. The minimum Gasteiger partial charge on any atom is -0.396 e. The molecule has 23 heavy (non-hydrogen) atoms. The van der Waals surface area contributed by atoms with Crippen molar-refractivity contribution in [1.29, 1.82) is 0 Å². The van der Waals surface area contributed by atoms with Gasteiger partial charge in [-0.2, -0.15) is 5.10 Å². The van der Waals surface area contributed by atoms with Gasteiger partial charge in [0.25, 0.3) is 0 Å². The third-order valence-corrected chi connectivity index (χ3v) is 4.41. The first-order valence-electron chi connectivity index (χ1n) is 8.18. The van der Waals surface area contributed by atoms with Crippen LogP contribution in [0.3, 0.4) is 0 Å². The molecule has 1 aromatic carbocycles. The number of hydrogen-bond acceptors (Lipinski definition) is 4. The minimum absolute atomic E-state index is 0.176. The highest BCUT2D eigenvalue weighted by molar-refractivity contribution is 5.48. The molecule has 2 aromatic rings. The fourth-order valence-corrected chi connectivity index (χ4v) is 3.23. The highest BCUT2D eigenvalue weighted by Crippen LogP contribution is 2.23. The van der Waals surface area contributed by atoms with Crippen molar-refractivity contribution in [2.75, 3.05) is 32.9 Å². The molecule has 0 amide bonds. The van der Waals surface area contributed by atoms with Gasteiger partial charge in [-0.15, -0.1) is 0 Å². The van der Waals surface area contributed by atoms with E-state index in [9.17, 15) is 5.11 Å². The van der Waals surface area contributed by atoms with Crippen LogP contribution in [0, 0.1) is 19.8 Å². The number of aromatic nitrogens is 2. The van der Waals surface area contributed by atoms with E-state index >= 15 is 0 Å². The molecule has 1 atom stereocenters. The first-order chi connectivity index (χ1) is 11.2. The van der Waals surface area contributed by atoms with Crippen molar-refractivity contribution in [3.05, 3.63) is 47.3 Å². The second-order valence-electron chi connectivity index (χ2n) is 6.39. The van der Waals surface area contributed by atoms with E-state index in [2.05, 4.69) is 36.0 Å². The molecule has 1 aliphatic heterocycles. The van der Waals surface area contributed by atoms with Crippen molar-refractivity contribution >= 4 is 0 Å². The molecule has 0 radical (unpaired) electrons. The Morgan fingerprint density at radius 2 is 2.22 bits per heavy atom. The zero-order chi connectivity index (χ0) is 16.2. The van der Waals surface area contributed by atoms with E-state index in [0.717, 1.165) is 31.9 Å². The van der Waals surface area contributed by atoms with Crippen LogP contribution in [-0.2, 0) is 11.3 Å². The summed E-state index contributed by atoms with van der Waals surface area (Å²) in [6, 6.07) is 6.36. The smallest absolute Gasteiger partial charge is 0.0695 e. The Labute approximate surface area is 137 Å². The van der Waals surface area contributed by atoms with Crippen molar-refractivity contribution in [2.24, 2.45) is 5.92 Å². The van der Waals surface area contributed by atoms with Gasteiger partial charge in [0, 0.05) is 44.6 Å². The van der Waals surface area contributed by atoms with Gasteiger partial charge in [-0.3, -0.25) is 4.90 Å². The highest BCUT2D eigenvalue weighted by Gasteiger charge is 2.20. The van der Waals surface area contributed by atoms with E-state index in [4.69, 9.17) is 4.74 Å². The summed E-state index contributed by atoms with van der Waals surface area (Å²) in [5, 5.41) is 13.9. The number of aliphatic hydroxyl groups is 1. The lowest BCUT2D eigenvalue weighted by Crippen LogP contribution is -2.31. The summed E-state index contributed by atoms with van der Waals surface area (Å²) in [5.74, 6) is 0.191. The average Bonchev–Trinajstić information content (AvgIpc) is 2.96. The van der Waals surface area contributed by atoms with Gasteiger partial charge in [0.15, 0.2) is 0 Å². The maximum Gasteiger partial charge on any atom is 0.0695 e. The van der Waals surface area contributed by atoms with E-state index in [1.807, 2.05) is 23.1 Å². The topological polar surface area (TPSA) is 50.5 Å².